The number of nitrogens with one attached hydrogen (secondary N) is 1. The number of rotatable bonds is 0. The van der Waals surface area contributed by atoms with Crippen LogP contribution in [0.5, 0.6) is 0 Å². The Balaban J connectivity index is 2.51. The zero-order chi connectivity index (χ0) is 7.68. The maximum atomic E-state index is 4.40. The van der Waals surface area contributed by atoms with E-state index in [1.54, 1.807) is 0 Å². The van der Waals surface area contributed by atoms with Gasteiger partial charge in [0.1, 0.15) is 0 Å². The van der Waals surface area contributed by atoms with Gasteiger partial charge in [-0.25, -0.2) is 0 Å². The molecule has 2 rings (SSSR count). The molecule has 0 bridgehead atoms. The van der Waals surface area contributed by atoms with Crippen molar-refractivity contribution in [3.63, 3.8) is 0 Å². The first-order valence-corrected chi connectivity index (χ1v) is 3.73. The summed E-state index contributed by atoms with van der Waals surface area (Å²) in [6.07, 6.45) is 0. The van der Waals surface area contributed by atoms with Crippen molar-refractivity contribution in [2.45, 2.75) is 6.92 Å². The summed E-state index contributed by atoms with van der Waals surface area (Å²) in [5.41, 5.74) is 3.33. The van der Waals surface area contributed by atoms with Gasteiger partial charge in [-0.1, -0.05) is 12.1 Å². The molecule has 0 amide bonds. The highest BCUT2D eigenvalue weighted by Crippen LogP contribution is 2.26. The second kappa shape index (κ2) is 2.38. The molecule has 0 aromatic heterocycles. The molecule has 1 aliphatic rings. The van der Waals surface area contributed by atoms with E-state index in [9.17, 15) is 0 Å². The molecule has 56 valence electrons. The van der Waals surface area contributed by atoms with Crippen LogP contribution in [0.3, 0.4) is 0 Å². The predicted octanol–water partition coefficient (Wildman–Crippen LogP) is 2.20. The number of nitrogens with zero attached hydrogens (tertiary/aromatic N) is 1. The Morgan fingerprint density at radius 2 is 2.18 bits per heavy atom. The normalized spacial score (nSPS) is 14.8. The largest absolute Gasteiger partial charge is 0.378 e. The Hall–Kier alpha value is -1.31. The summed E-state index contributed by atoms with van der Waals surface area (Å²) in [5, 5.41) is 3.28. The molecule has 2 heteroatoms. The van der Waals surface area contributed by atoms with Gasteiger partial charge in [0, 0.05) is 5.71 Å². The molecule has 1 aromatic rings. The van der Waals surface area contributed by atoms with Crippen molar-refractivity contribution < 1.29 is 0 Å². The molecule has 11 heavy (non-hydrogen) atoms. The smallest absolute Gasteiger partial charge is 0.0861 e. The van der Waals surface area contributed by atoms with E-state index in [1.165, 1.54) is 0 Å². The highest BCUT2D eigenvalue weighted by atomic mass is 15.0. The van der Waals surface area contributed by atoms with Gasteiger partial charge >= 0.3 is 0 Å². The molecule has 0 saturated heterocycles. The maximum absolute atomic E-state index is 4.40. The minimum atomic E-state index is 0.872. The molecular formula is C9H10N2. The second-order valence-electron chi connectivity index (χ2n) is 2.72. The highest BCUT2D eigenvalue weighted by molar-refractivity contribution is 5.93. The molecule has 1 heterocycles. The fourth-order valence-electron chi connectivity index (χ4n) is 1.19. The summed E-state index contributed by atoms with van der Waals surface area (Å²) in [7, 11) is 0. The average molecular weight is 146 g/mol. The van der Waals surface area contributed by atoms with Gasteiger partial charge in [-0.15, -0.1) is 0 Å². The fraction of sp³-hybridized carbons (Fsp3) is 0.222. The van der Waals surface area contributed by atoms with Gasteiger partial charge < -0.3 is 5.32 Å². The predicted molar refractivity (Wildman–Crippen MR) is 47.7 cm³/mol. The summed E-state index contributed by atoms with van der Waals surface area (Å²) < 4.78 is 0. The summed E-state index contributed by atoms with van der Waals surface area (Å²) in [4.78, 5) is 4.40. The number of para-hydroxylation sites is 2. The lowest BCUT2D eigenvalue weighted by Gasteiger charge is -2.14. The fourth-order valence-corrected chi connectivity index (χ4v) is 1.19. The zero-order valence-corrected chi connectivity index (χ0v) is 6.46. The number of aliphatic imine (C=N–C) groups is 1. The van der Waals surface area contributed by atoms with Crippen molar-refractivity contribution in [2.75, 3.05) is 11.9 Å². The Labute approximate surface area is 66.0 Å². The molecule has 0 unspecified atom stereocenters. The van der Waals surface area contributed by atoms with Crippen molar-refractivity contribution in [3.05, 3.63) is 24.3 Å². The SMILES string of the molecule is CC1=Nc2ccccc2NC1. The molecule has 1 aliphatic heterocycles. The maximum Gasteiger partial charge on any atom is 0.0861 e. The second-order valence-corrected chi connectivity index (χ2v) is 2.72. The minimum Gasteiger partial charge on any atom is -0.378 e. The van der Waals surface area contributed by atoms with Crippen LogP contribution in [0.25, 0.3) is 0 Å². The summed E-state index contributed by atoms with van der Waals surface area (Å²) >= 11 is 0. The van der Waals surface area contributed by atoms with Gasteiger partial charge in [-0.2, -0.15) is 0 Å². The topological polar surface area (TPSA) is 24.4 Å². The Morgan fingerprint density at radius 3 is 3.09 bits per heavy atom. The van der Waals surface area contributed by atoms with E-state index in [0.29, 0.717) is 0 Å². The number of fused-ring (bicyclic) bond motifs is 1. The van der Waals surface area contributed by atoms with Crippen LogP contribution in [0, 0.1) is 0 Å². The lowest BCUT2D eigenvalue weighted by molar-refractivity contribution is 1.29. The Bertz CT molecular complexity index is 302. The van der Waals surface area contributed by atoms with E-state index >= 15 is 0 Å². The number of hydrogen-bond acceptors (Lipinski definition) is 2. The van der Waals surface area contributed by atoms with Crippen LogP contribution >= 0.6 is 0 Å². The number of hydrogen-bond donors (Lipinski definition) is 1. The lowest BCUT2D eigenvalue weighted by Crippen LogP contribution is -2.13. The molecule has 0 atom stereocenters. The molecule has 1 N–H and O–H groups in total. The van der Waals surface area contributed by atoms with Crippen LogP contribution < -0.4 is 5.32 Å². The minimum absolute atomic E-state index is 0.872. The third kappa shape index (κ3) is 1.11. The van der Waals surface area contributed by atoms with Crippen molar-refractivity contribution in [2.24, 2.45) is 4.99 Å². The first-order valence-electron chi connectivity index (χ1n) is 3.73. The molecule has 0 saturated carbocycles. The number of benzene rings is 1. The number of anilines is 1. The van der Waals surface area contributed by atoms with Gasteiger partial charge in [-0.3, -0.25) is 4.99 Å². The van der Waals surface area contributed by atoms with E-state index in [1.807, 2.05) is 31.2 Å². The van der Waals surface area contributed by atoms with Crippen molar-refractivity contribution >= 4 is 17.1 Å². The van der Waals surface area contributed by atoms with E-state index < -0.39 is 0 Å². The van der Waals surface area contributed by atoms with Crippen LogP contribution in [-0.2, 0) is 0 Å². The van der Waals surface area contributed by atoms with Crippen molar-refractivity contribution in [1.82, 2.24) is 0 Å². The van der Waals surface area contributed by atoms with Crippen LogP contribution in [0.1, 0.15) is 6.92 Å². The molecule has 1 aromatic carbocycles. The summed E-state index contributed by atoms with van der Waals surface area (Å²) in [5.74, 6) is 0. The van der Waals surface area contributed by atoms with Gasteiger partial charge in [0.2, 0.25) is 0 Å². The van der Waals surface area contributed by atoms with Crippen LogP contribution in [0.4, 0.5) is 11.4 Å². The van der Waals surface area contributed by atoms with Crippen molar-refractivity contribution in [3.8, 4) is 0 Å². The molecule has 0 spiro atoms. The van der Waals surface area contributed by atoms with Gasteiger partial charge in [0.05, 0.1) is 17.9 Å². The van der Waals surface area contributed by atoms with E-state index in [-0.39, 0.29) is 0 Å². The summed E-state index contributed by atoms with van der Waals surface area (Å²) in [6, 6.07) is 8.08. The lowest BCUT2D eigenvalue weighted by atomic mass is 10.2. The molecule has 0 fully saturated rings. The zero-order valence-electron chi connectivity index (χ0n) is 6.46. The molecule has 2 nitrogen and oxygen atoms in total. The van der Waals surface area contributed by atoms with Crippen molar-refractivity contribution in [1.29, 1.82) is 0 Å². The molecule has 0 radical (unpaired) electrons. The monoisotopic (exact) mass is 146 g/mol. The Morgan fingerprint density at radius 1 is 1.36 bits per heavy atom. The van der Waals surface area contributed by atoms with Crippen LogP contribution in [0.15, 0.2) is 29.3 Å². The molecule has 0 aliphatic carbocycles. The van der Waals surface area contributed by atoms with Gasteiger partial charge in [0.25, 0.3) is 0 Å². The van der Waals surface area contributed by atoms with Crippen LogP contribution in [0.2, 0.25) is 0 Å². The quantitative estimate of drug-likeness (QED) is 0.596. The van der Waals surface area contributed by atoms with E-state index in [0.717, 1.165) is 23.6 Å². The Kier molecular flexibility index (Phi) is 1.39. The van der Waals surface area contributed by atoms with E-state index in [4.69, 9.17) is 0 Å². The average Bonchev–Trinajstić information content (AvgIpc) is 2.04. The molecular weight excluding hydrogens is 136 g/mol. The van der Waals surface area contributed by atoms with Gasteiger partial charge in [-0.05, 0) is 19.1 Å². The highest BCUT2D eigenvalue weighted by Gasteiger charge is 2.05. The first-order chi connectivity index (χ1) is 5.36. The third-order valence-electron chi connectivity index (χ3n) is 1.75. The van der Waals surface area contributed by atoms with Crippen LogP contribution in [-0.4, -0.2) is 12.3 Å². The van der Waals surface area contributed by atoms with Gasteiger partial charge in [0.15, 0.2) is 0 Å². The first kappa shape index (κ1) is 6.40. The summed E-state index contributed by atoms with van der Waals surface area (Å²) in [6.45, 7) is 2.90. The standard InChI is InChI=1S/C9H10N2/c1-7-6-10-8-4-2-3-5-9(8)11-7/h2-5,10H,6H2,1H3. The van der Waals surface area contributed by atoms with E-state index in [2.05, 4.69) is 10.3 Å². The third-order valence-corrected chi connectivity index (χ3v) is 1.75.